The van der Waals surface area contributed by atoms with Crippen LogP contribution in [0.15, 0.2) is 30.3 Å². The predicted molar refractivity (Wildman–Crippen MR) is 107 cm³/mol. The second kappa shape index (κ2) is 8.46. The van der Waals surface area contributed by atoms with Gasteiger partial charge in [0, 0.05) is 17.5 Å². The first-order valence-corrected chi connectivity index (χ1v) is 10.3. The van der Waals surface area contributed by atoms with Crippen LogP contribution in [0.4, 0.5) is 5.82 Å². The third-order valence-electron chi connectivity index (χ3n) is 5.16. The number of carbonyl (C=O) groups excluding carboxylic acids is 1. The van der Waals surface area contributed by atoms with Gasteiger partial charge in [-0.1, -0.05) is 43.2 Å². The van der Waals surface area contributed by atoms with E-state index in [1.807, 2.05) is 32.0 Å². The van der Waals surface area contributed by atoms with E-state index in [4.69, 9.17) is 0 Å². The lowest BCUT2D eigenvalue weighted by molar-refractivity contribution is -0.113. The predicted octanol–water partition coefficient (Wildman–Crippen LogP) is 4.96. The van der Waals surface area contributed by atoms with Crippen LogP contribution in [0.1, 0.15) is 54.1 Å². The summed E-state index contributed by atoms with van der Waals surface area (Å²) in [6.45, 7) is 4.02. The molecule has 26 heavy (non-hydrogen) atoms. The summed E-state index contributed by atoms with van der Waals surface area (Å²) < 4.78 is 2.20. The standard InChI is InChI=1S/C21H25N3OS/c1-15-16(2)24(18-10-6-7-11-18)21(19(15)12-22)23-20(25)14-26-13-17-8-4-3-5-9-17/h3-5,8-9,18H,6-7,10-11,13-14H2,1-2H3,(H,23,25). The van der Waals surface area contributed by atoms with Crippen LogP contribution in [-0.4, -0.2) is 16.2 Å². The fraction of sp³-hybridized carbons (Fsp3) is 0.429. The summed E-state index contributed by atoms with van der Waals surface area (Å²) >= 11 is 1.59. The molecule has 1 amide bonds. The molecule has 3 rings (SSSR count). The molecular formula is C21H25N3OS. The van der Waals surface area contributed by atoms with Gasteiger partial charge in [-0.3, -0.25) is 4.79 Å². The number of hydrogen-bond donors (Lipinski definition) is 1. The number of amides is 1. The zero-order chi connectivity index (χ0) is 18.5. The summed E-state index contributed by atoms with van der Waals surface area (Å²) in [5, 5.41) is 12.6. The number of nitrogens with zero attached hydrogens (tertiary/aromatic N) is 2. The van der Waals surface area contributed by atoms with Gasteiger partial charge >= 0.3 is 0 Å². The first-order chi connectivity index (χ1) is 12.6. The SMILES string of the molecule is Cc1c(C#N)c(NC(=O)CSCc2ccccc2)n(C2CCCC2)c1C. The maximum Gasteiger partial charge on any atom is 0.235 e. The van der Waals surface area contributed by atoms with Crippen LogP contribution >= 0.6 is 11.8 Å². The summed E-state index contributed by atoms with van der Waals surface area (Å²) in [7, 11) is 0. The molecule has 0 bridgehead atoms. The number of nitrogens with one attached hydrogen (secondary N) is 1. The van der Waals surface area contributed by atoms with E-state index in [1.54, 1.807) is 11.8 Å². The molecule has 4 nitrogen and oxygen atoms in total. The minimum absolute atomic E-state index is 0.0424. The number of rotatable bonds is 6. The molecule has 1 aromatic heterocycles. The summed E-state index contributed by atoms with van der Waals surface area (Å²) in [6.07, 6.45) is 4.66. The van der Waals surface area contributed by atoms with E-state index in [0.717, 1.165) is 29.9 Å². The van der Waals surface area contributed by atoms with Crippen molar-refractivity contribution in [2.75, 3.05) is 11.1 Å². The topological polar surface area (TPSA) is 57.8 Å². The van der Waals surface area contributed by atoms with Gasteiger partial charge in [0.15, 0.2) is 0 Å². The van der Waals surface area contributed by atoms with Gasteiger partial charge in [-0.2, -0.15) is 5.26 Å². The number of hydrogen-bond acceptors (Lipinski definition) is 3. The van der Waals surface area contributed by atoms with Crippen LogP contribution < -0.4 is 5.32 Å². The maximum atomic E-state index is 12.5. The van der Waals surface area contributed by atoms with Gasteiger partial charge in [-0.25, -0.2) is 0 Å². The Morgan fingerprint density at radius 3 is 2.62 bits per heavy atom. The lowest BCUT2D eigenvalue weighted by Crippen LogP contribution is -2.19. The molecule has 2 aromatic rings. The Morgan fingerprint density at radius 2 is 1.96 bits per heavy atom. The van der Waals surface area contributed by atoms with Gasteiger partial charge in [0.05, 0.1) is 11.3 Å². The van der Waals surface area contributed by atoms with E-state index in [1.165, 1.54) is 18.4 Å². The van der Waals surface area contributed by atoms with Crippen LogP contribution in [-0.2, 0) is 10.5 Å². The van der Waals surface area contributed by atoms with E-state index in [-0.39, 0.29) is 5.91 Å². The normalized spacial score (nSPS) is 14.3. The van der Waals surface area contributed by atoms with Crippen molar-refractivity contribution in [1.29, 1.82) is 5.26 Å². The van der Waals surface area contributed by atoms with Gasteiger partial charge in [-0.05, 0) is 37.8 Å². The average Bonchev–Trinajstić information content (AvgIpc) is 3.24. The van der Waals surface area contributed by atoms with Gasteiger partial charge in [-0.15, -0.1) is 11.8 Å². The molecule has 136 valence electrons. The number of anilines is 1. The monoisotopic (exact) mass is 367 g/mol. The van der Waals surface area contributed by atoms with Crippen molar-refractivity contribution in [1.82, 2.24) is 4.57 Å². The first-order valence-electron chi connectivity index (χ1n) is 9.14. The van der Waals surface area contributed by atoms with Crippen LogP contribution in [0.25, 0.3) is 0 Å². The van der Waals surface area contributed by atoms with Crippen LogP contribution in [0.5, 0.6) is 0 Å². The summed E-state index contributed by atoms with van der Waals surface area (Å²) in [5.41, 5.74) is 3.90. The second-order valence-corrected chi connectivity index (χ2v) is 7.87. The van der Waals surface area contributed by atoms with E-state index >= 15 is 0 Å². The Labute approximate surface area is 159 Å². The van der Waals surface area contributed by atoms with Crippen molar-refractivity contribution >= 4 is 23.5 Å². The molecule has 1 fully saturated rings. The number of aromatic nitrogens is 1. The molecule has 0 spiro atoms. The summed E-state index contributed by atoms with van der Waals surface area (Å²) in [6, 6.07) is 12.8. The Balaban J connectivity index is 1.71. The number of nitriles is 1. The molecular weight excluding hydrogens is 342 g/mol. The Bertz CT molecular complexity index is 814. The zero-order valence-corrected chi connectivity index (χ0v) is 16.2. The highest BCUT2D eigenvalue weighted by molar-refractivity contribution is 7.99. The van der Waals surface area contributed by atoms with Gasteiger partial charge in [0.25, 0.3) is 0 Å². The van der Waals surface area contributed by atoms with Crippen molar-refractivity contribution in [2.45, 2.75) is 51.3 Å². The summed E-state index contributed by atoms with van der Waals surface area (Å²) in [5.74, 6) is 1.84. The fourth-order valence-electron chi connectivity index (χ4n) is 3.71. The zero-order valence-electron chi connectivity index (χ0n) is 15.4. The Morgan fingerprint density at radius 1 is 1.27 bits per heavy atom. The van der Waals surface area contributed by atoms with Crippen LogP contribution in [0.3, 0.4) is 0 Å². The van der Waals surface area contributed by atoms with Gasteiger partial charge in [0.2, 0.25) is 5.91 Å². The molecule has 5 heteroatoms. The molecule has 0 unspecified atom stereocenters. The highest BCUT2D eigenvalue weighted by Crippen LogP contribution is 2.37. The largest absolute Gasteiger partial charge is 0.327 e. The molecule has 0 atom stereocenters. The third kappa shape index (κ3) is 3.96. The highest BCUT2D eigenvalue weighted by atomic mass is 32.2. The Hall–Kier alpha value is -2.19. The highest BCUT2D eigenvalue weighted by Gasteiger charge is 2.26. The van der Waals surface area contributed by atoms with Crippen molar-refractivity contribution in [3.8, 4) is 6.07 Å². The van der Waals surface area contributed by atoms with E-state index in [2.05, 4.69) is 28.1 Å². The van der Waals surface area contributed by atoms with E-state index in [9.17, 15) is 10.1 Å². The lowest BCUT2D eigenvalue weighted by Gasteiger charge is -2.19. The van der Waals surface area contributed by atoms with E-state index in [0.29, 0.717) is 23.2 Å². The lowest BCUT2D eigenvalue weighted by atomic mass is 10.2. The molecule has 1 aromatic carbocycles. The number of thioether (sulfide) groups is 1. The molecule has 0 saturated heterocycles. The smallest absolute Gasteiger partial charge is 0.235 e. The van der Waals surface area contributed by atoms with E-state index < -0.39 is 0 Å². The van der Waals surface area contributed by atoms with Gasteiger partial charge < -0.3 is 9.88 Å². The number of benzene rings is 1. The second-order valence-electron chi connectivity index (χ2n) is 6.88. The summed E-state index contributed by atoms with van der Waals surface area (Å²) in [4.78, 5) is 12.5. The molecule has 0 aliphatic heterocycles. The van der Waals surface area contributed by atoms with Crippen LogP contribution in [0, 0.1) is 25.2 Å². The van der Waals surface area contributed by atoms with Crippen molar-refractivity contribution in [3.05, 3.63) is 52.7 Å². The number of carbonyl (C=O) groups is 1. The molecule has 1 heterocycles. The minimum Gasteiger partial charge on any atom is -0.327 e. The molecule has 1 aliphatic rings. The van der Waals surface area contributed by atoms with Gasteiger partial charge in [0.1, 0.15) is 11.9 Å². The quantitative estimate of drug-likeness (QED) is 0.785. The first kappa shape index (κ1) is 18.6. The van der Waals surface area contributed by atoms with Crippen LogP contribution in [0.2, 0.25) is 0 Å². The molecule has 0 radical (unpaired) electrons. The third-order valence-corrected chi connectivity index (χ3v) is 6.16. The maximum absolute atomic E-state index is 12.5. The molecule has 1 aliphatic carbocycles. The fourth-order valence-corrected chi connectivity index (χ4v) is 4.50. The minimum atomic E-state index is -0.0424. The van der Waals surface area contributed by atoms with Crippen molar-refractivity contribution in [3.63, 3.8) is 0 Å². The average molecular weight is 368 g/mol. The van der Waals surface area contributed by atoms with Crippen molar-refractivity contribution < 1.29 is 4.79 Å². The van der Waals surface area contributed by atoms with Crippen molar-refractivity contribution in [2.24, 2.45) is 0 Å². The molecule has 1 saturated carbocycles. The molecule has 1 N–H and O–H groups in total. The Kier molecular flexibility index (Phi) is 6.05.